The smallest absolute Gasteiger partial charge is 0.138 e. The maximum absolute atomic E-state index is 4.29. The van der Waals surface area contributed by atoms with Crippen LogP contribution in [0.4, 0.5) is 11.6 Å². The molecule has 0 atom stereocenters. The molecular formula is C12H10N4. The highest BCUT2D eigenvalue weighted by molar-refractivity contribution is 5.57. The van der Waals surface area contributed by atoms with Crippen LogP contribution in [0.15, 0.2) is 55.0 Å². The minimum absolute atomic E-state index is 0.813. The van der Waals surface area contributed by atoms with Crippen molar-refractivity contribution in [3.05, 3.63) is 55.0 Å². The monoisotopic (exact) mass is 210 g/mol. The van der Waals surface area contributed by atoms with Gasteiger partial charge in [-0.2, -0.15) is 0 Å². The first kappa shape index (κ1) is 8.91. The minimum Gasteiger partial charge on any atom is -0.325 e. The molecule has 0 spiro atoms. The van der Waals surface area contributed by atoms with E-state index in [4.69, 9.17) is 0 Å². The Balaban J connectivity index is 2.01. The summed E-state index contributed by atoms with van der Waals surface area (Å²) in [6, 6.07) is 11.6. The lowest BCUT2D eigenvalue weighted by molar-refractivity contribution is 1.17. The van der Waals surface area contributed by atoms with Gasteiger partial charge in [0.05, 0.1) is 6.20 Å². The summed E-state index contributed by atoms with van der Waals surface area (Å²) in [6.45, 7) is 0. The van der Waals surface area contributed by atoms with Crippen molar-refractivity contribution in [1.82, 2.24) is 14.4 Å². The van der Waals surface area contributed by atoms with E-state index >= 15 is 0 Å². The quantitative estimate of drug-likeness (QED) is 0.706. The van der Waals surface area contributed by atoms with E-state index in [1.165, 1.54) is 0 Å². The third-order valence-corrected chi connectivity index (χ3v) is 2.34. The number of pyridine rings is 2. The van der Waals surface area contributed by atoms with Crippen LogP contribution >= 0.6 is 0 Å². The molecule has 0 radical (unpaired) electrons. The first-order valence-corrected chi connectivity index (χ1v) is 5.04. The van der Waals surface area contributed by atoms with Crippen LogP contribution < -0.4 is 5.32 Å². The first-order valence-electron chi connectivity index (χ1n) is 5.04. The number of nitrogens with one attached hydrogen (secondary N) is 1. The minimum atomic E-state index is 0.813. The third-order valence-electron chi connectivity index (χ3n) is 2.34. The van der Waals surface area contributed by atoms with Gasteiger partial charge in [-0.05, 0) is 24.3 Å². The van der Waals surface area contributed by atoms with E-state index in [0.717, 1.165) is 17.3 Å². The Morgan fingerprint density at radius 3 is 2.81 bits per heavy atom. The summed E-state index contributed by atoms with van der Waals surface area (Å²) in [5, 5.41) is 3.22. The average molecular weight is 210 g/mol. The summed E-state index contributed by atoms with van der Waals surface area (Å²) < 4.78 is 1.98. The number of hydrogen-bond acceptors (Lipinski definition) is 3. The molecule has 0 aromatic carbocycles. The lowest BCUT2D eigenvalue weighted by Gasteiger charge is -2.03. The van der Waals surface area contributed by atoms with Crippen LogP contribution in [0.5, 0.6) is 0 Å². The maximum atomic E-state index is 4.29. The standard InChI is InChI=1S/C12H10N4/c1-3-7-13-10(5-1)15-12-9-14-11-6-2-4-8-16(11)12/h1-9H,(H,13,15). The molecule has 4 heteroatoms. The molecule has 4 nitrogen and oxygen atoms in total. The number of rotatable bonds is 2. The predicted octanol–water partition coefficient (Wildman–Crippen LogP) is 2.47. The summed E-state index contributed by atoms with van der Waals surface area (Å²) in [5.41, 5.74) is 0.918. The highest BCUT2D eigenvalue weighted by Crippen LogP contribution is 2.15. The van der Waals surface area contributed by atoms with Gasteiger partial charge in [0, 0.05) is 12.4 Å². The number of imidazole rings is 1. The zero-order valence-corrected chi connectivity index (χ0v) is 8.54. The Hall–Kier alpha value is -2.36. The second kappa shape index (κ2) is 3.66. The second-order valence-electron chi connectivity index (χ2n) is 3.41. The van der Waals surface area contributed by atoms with E-state index in [0.29, 0.717) is 0 Å². The maximum Gasteiger partial charge on any atom is 0.138 e. The van der Waals surface area contributed by atoms with Crippen LogP contribution in [0.2, 0.25) is 0 Å². The number of anilines is 2. The lowest BCUT2D eigenvalue weighted by Crippen LogP contribution is -1.96. The summed E-state index contributed by atoms with van der Waals surface area (Å²) >= 11 is 0. The molecule has 0 bridgehead atoms. The Morgan fingerprint density at radius 2 is 1.94 bits per heavy atom. The van der Waals surface area contributed by atoms with Crippen LogP contribution in [-0.4, -0.2) is 14.4 Å². The highest BCUT2D eigenvalue weighted by Gasteiger charge is 2.01. The van der Waals surface area contributed by atoms with E-state index in [-0.39, 0.29) is 0 Å². The average Bonchev–Trinajstić information content (AvgIpc) is 2.74. The van der Waals surface area contributed by atoms with Gasteiger partial charge in [-0.15, -0.1) is 0 Å². The molecule has 0 unspecified atom stereocenters. The SMILES string of the molecule is c1ccc(Nc2cnc3ccccn23)nc1. The molecule has 0 amide bonds. The van der Waals surface area contributed by atoms with Gasteiger partial charge in [-0.3, -0.25) is 4.40 Å². The van der Waals surface area contributed by atoms with E-state index in [1.54, 1.807) is 12.4 Å². The van der Waals surface area contributed by atoms with Crippen LogP contribution in [0.1, 0.15) is 0 Å². The number of nitrogens with zero attached hydrogens (tertiary/aromatic N) is 3. The van der Waals surface area contributed by atoms with E-state index in [9.17, 15) is 0 Å². The van der Waals surface area contributed by atoms with Crippen LogP contribution in [0.3, 0.4) is 0 Å². The molecule has 1 N–H and O–H groups in total. The van der Waals surface area contributed by atoms with Crippen molar-refractivity contribution in [3.8, 4) is 0 Å². The molecule has 3 heterocycles. The first-order chi connectivity index (χ1) is 7.93. The zero-order valence-electron chi connectivity index (χ0n) is 8.54. The van der Waals surface area contributed by atoms with E-state index in [2.05, 4.69) is 15.3 Å². The van der Waals surface area contributed by atoms with Gasteiger partial charge in [0.1, 0.15) is 17.3 Å². The molecule has 0 fully saturated rings. The molecule has 78 valence electrons. The largest absolute Gasteiger partial charge is 0.325 e. The Morgan fingerprint density at radius 1 is 1.00 bits per heavy atom. The van der Waals surface area contributed by atoms with Crippen molar-refractivity contribution in [2.45, 2.75) is 0 Å². The molecule has 0 saturated carbocycles. The van der Waals surface area contributed by atoms with Crippen LogP contribution in [0, 0.1) is 0 Å². The van der Waals surface area contributed by atoms with Gasteiger partial charge in [0.25, 0.3) is 0 Å². The fourth-order valence-electron chi connectivity index (χ4n) is 1.59. The van der Waals surface area contributed by atoms with Crippen molar-refractivity contribution in [1.29, 1.82) is 0 Å². The number of hydrogen-bond donors (Lipinski definition) is 1. The lowest BCUT2D eigenvalue weighted by atomic mass is 10.4. The Labute approximate surface area is 92.6 Å². The van der Waals surface area contributed by atoms with Crippen molar-refractivity contribution in [2.75, 3.05) is 5.32 Å². The number of aromatic nitrogens is 3. The summed E-state index contributed by atoms with van der Waals surface area (Å²) in [6.07, 6.45) is 5.52. The van der Waals surface area contributed by atoms with Gasteiger partial charge in [-0.1, -0.05) is 12.1 Å². The Bertz CT molecular complexity index is 600. The topological polar surface area (TPSA) is 42.2 Å². The molecule has 3 aromatic rings. The predicted molar refractivity (Wildman–Crippen MR) is 62.7 cm³/mol. The molecule has 3 rings (SSSR count). The van der Waals surface area contributed by atoms with Gasteiger partial charge in [0.15, 0.2) is 0 Å². The van der Waals surface area contributed by atoms with Crippen LogP contribution in [0.25, 0.3) is 5.65 Å². The third kappa shape index (κ3) is 1.50. The van der Waals surface area contributed by atoms with Crippen molar-refractivity contribution in [2.24, 2.45) is 0 Å². The zero-order chi connectivity index (χ0) is 10.8. The highest BCUT2D eigenvalue weighted by atomic mass is 15.1. The van der Waals surface area contributed by atoms with Gasteiger partial charge >= 0.3 is 0 Å². The molecule has 16 heavy (non-hydrogen) atoms. The van der Waals surface area contributed by atoms with Crippen molar-refractivity contribution in [3.63, 3.8) is 0 Å². The molecule has 0 aliphatic carbocycles. The molecule has 0 aliphatic heterocycles. The summed E-state index contributed by atoms with van der Waals surface area (Å²) in [5.74, 6) is 1.72. The number of fused-ring (bicyclic) bond motifs is 1. The van der Waals surface area contributed by atoms with Gasteiger partial charge in [0.2, 0.25) is 0 Å². The summed E-state index contributed by atoms with van der Waals surface area (Å²) in [7, 11) is 0. The van der Waals surface area contributed by atoms with Crippen LogP contribution in [-0.2, 0) is 0 Å². The van der Waals surface area contributed by atoms with E-state index < -0.39 is 0 Å². The molecular weight excluding hydrogens is 200 g/mol. The fourth-order valence-corrected chi connectivity index (χ4v) is 1.59. The molecule has 0 aliphatic rings. The van der Waals surface area contributed by atoms with Gasteiger partial charge < -0.3 is 5.32 Å². The molecule has 3 aromatic heterocycles. The second-order valence-corrected chi connectivity index (χ2v) is 3.41. The van der Waals surface area contributed by atoms with Crippen molar-refractivity contribution < 1.29 is 0 Å². The van der Waals surface area contributed by atoms with Gasteiger partial charge in [-0.25, -0.2) is 9.97 Å². The Kier molecular flexibility index (Phi) is 2.04. The summed E-state index contributed by atoms with van der Waals surface area (Å²) in [4.78, 5) is 8.50. The van der Waals surface area contributed by atoms with E-state index in [1.807, 2.05) is 47.0 Å². The van der Waals surface area contributed by atoms with Crippen molar-refractivity contribution >= 4 is 17.3 Å². The fraction of sp³-hybridized carbons (Fsp3) is 0. The molecule has 0 saturated heterocycles. The normalized spacial score (nSPS) is 10.5.